The van der Waals surface area contributed by atoms with E-state index in [9.17, 15) is 10.1 Å². The summed E-state index contributed by atoms with van der Waals surface area (Å²) in [6, 6.07) is 5.09. The molecule has 1 aromatic carbocycles. The van der Waals surface area contributed by atoms with Crippen LogP contribution in [0.4, 0.5) is 5.69 Å². The summed E-state index contributed by atoms with van der Waals surface area (Å²) in [5.41, 5.74) is 0.936. The average Bonchev–Trinajstić information content (AvgIpc) is 2.17. The van der Waals surface area contributed by atoms with Crippen LogP contribution in [0.15, 0.2) is 30.9 Å². The minimum absolute atomic E-state index is 0.106. The number of benzene rings is 1. The van der Waals surface area contributed by atoms with Crippen molar-refractivity contribution < 1.29 is 4.92 Å². The molecule has 0 heterocycles. The molecule has 0 fully saturated rings. The van der Waals surface area contributed by atoms with E-state index in [-0.39, 0.29) is 16.5 Å². The largest absolute Gasteiger partial charge is 0.282 e. The maximum atomic E-state index is 10.6. The SMILES string of the molecule is [CH2]C(C=C)c1ccc(I)c([N+](=O)[O-])c1. The van der Waals surface area contributed by atoms with E-state index in [2.05, 4.69) is 13.5 Å². The van der Waals surface area contributed by atoms with Crippen LogP contribution in [0.25, 0.3) is 0 Å². The highest BCUT2D eigenvalue weighted by Crippen LogP contribution is 2.26. The van der Waals surface area contributed by atoms with Crippen molar-refractivity contribution in [2.75, 3.05) is 0 Å². The Labute approximate surface area is 96.1 Å². The van der Waals surface area contributed by atoms with Crippen molar-refractivity contribution in [3.63, 3.8) is 0 Å². The van der Waals surface area contributed by atoms with Crippen molar-refractivity contribution in [1.82, 2.24) is 0 Å². The van der Waals surface area contributed by atoms with E-state index in [1.165, 1.54) is 0 Å². The van der Waals surface area contributed by atoms with E-state index in [0.29, 0.717) is 3.57 Å². The summed E-state index contributed by atoms with van der Waals surface area (Å²) in [6.07, 6.45) is 1.66. The third-order valence-electron chi connectivity index (χ3n) is 1.88. The van der Waals surface area contributed by atoms with Crippen LogP contribution in [0.1, 0.15) is 11.5 Å². The van der Waals surface area contributed by atoms with Gasteiger partial charge in [0, 0.05) is 12.0 Å². The van der Waals surface area contributed by atoms with E-state index < -0.39 is 0 Å². The normalized spacial score (nSPS) is 12.1. The Balaban J connectivity index is 3.19. The zero-order valence-electron chi connectivity index (χ0n) is 7.44. The number of halogens is 1. The van der Waals surface area contributed by atoms with E-state index >= 15 is 0 Å². The molecule has 3 nitrogen and oxygen atoms in total. The van der Waals surface area contributed by atoms with Crippen molar-refractivity contribution in [3.8, 4) is 0 Å². The van der Waals surface area contributed by atoms with Gasteiger partial charge >= 0.3 is 0 Å². The lowest BCUT2D eigenvalue weighted by molar-refractivity contribution is -0.385. The van der Waals surface area contributed by atoms with E-state index in [0.717, 1.165) is 5.56 Å². The van der Waals surface area contributed by atoms with Gasteiger partial charge in [0.15, 0.2) is 0 Å². The van der Waals surface area contributed by atoms with Gasteiger partial charge in [-0.25, -0.2) is 0 Å². The lowest BCUT2D eigenvalue weighted by Gasteiger charge is -2.05. The zero-order chi connectivity index (χ0) is 10.7. The molecule has 14 heavy (non-hydrogen) atoms. The summed E-state index contributed by atoms with van der Waals surface area (Å²) in [7, 11) is 0. The lowest BCUT2D eigenvalue weighted by atomic mass is 10.0. The number of rotatable bonds is 3. The fraction of sp³-hybridized carbons (Fsp3) is 0.100. The summed E-state index contributed by atoms with van der Waals surface area (Å²) in [5, 5.41) is 10.6. The smallest absolute Gasteiger partial charge is 0.258 e. The van der Waals surface area contributed by atoms with Gasteiger partial charge in [-0.05, 0) is 41.1 Å². The molecule has 0 aromatic heterocycles. The van der Waals surface area contributed by atoms with Crippen LogP contribution in [0.2, 0.25) is 0 Å². The Morgan fingerprint density at radius 2 is 2.21 bits per heavy atom. The fourth-order valence-corrected chi connectivity index (χ4v) is 1.57. The molecule has 1 radical (unpaired) electrons. The van der Waals surface area contributed by atoms with Gasteiger partial charge in [-0.3, -0.25) is 10.1 Å². The lowest BCUT2D eigenvalue weighted by Crippen LogP contribution is -1.95. The van der Waals surface area contributed by atoms with E-state index in [1.807, 2.05) is 28.7 Å². The Hall–Kier alpha value is -0.910. The third kappa shape index (κ3) is 2.31. The number of allylic oxidation sites excluding steroid dienone is 1. The van der Waals surface area contributed by atoms with Crippen LogP contribution in [0, 0.1) is 20.6 Å². The Kier molecular flexibility index (Phi) is 3.62. The highest BCUT2D eigenvalue weighted by atomic mass is 127. The van der Waals surface area contributed by atoms with Crippen molar-refractivity contribution in [2.24, 2.45) is 0 Å². The van der Waals surface area contributed by atoms with Crippen molar-refractivity contribution >= 4 is 28.3 Å². The molecule has 1 rings (SSSR count). The zero-order valence-corrected chi connectivity index (χ0v) is 9.60. The van der Waals surface area contributed by atoms with Crippen LogP contribution in [0.3, 0.4) is 0 Å². The van der Waals surface area contributed by atoms with Gasteiger partial charge in [0.1, 0.15) is 0 Å². The summed E-state index contributed by atoms with van der Waals surface area (Å²) >= 11 is 1.94. The van der Waals surface area contributed by atoms with Gasteiger partial charge < -0.3 is 0 Å². The maximum absolute atomic E-state index is 10.6. The van der Waals surface area contributed by atoms with Crippen molar-refractivity contribution in [1.29, 1.82) is 0 Å². The molecule has 0 saturated carbocycles. The van der Waals surface area contributed by atoms with Crippen LogP contribution in [-0.2, 0) is 0 Å². The second-order valence-corrected chi connectivity index (χ2v) is 3.97. The molecule has 0 bridgehead atoms. The average molecular weight is 302 g/mol. The third-order valence-corrected chi connectivity index (χ3v) is 2.79. The van der Waals surface area contributed by atoms with Crippen LogP contribution in [-0.4, -0.2) is 4.92 Å². The molecular weight excluding hydrogens is 293 g/mol. The van der Waals surface area contributed by atoms with Gasteiger partial charge in [-0.1, -0.05) is 12.1 Å². The van der Waals surface area contributed by atoms with Gasteiger partial charge in [-0.2, -0.15) is 0 Å². The first-order chi connectivity index (χ1) is 6.56. The molecule has 0 spiro atoms. The standard InChI is InChI=1S/C10H9INO2/c1-3-7(2)8-4-5-9(11)10(6-8)12(13)14/h3-7H,1-2H2. The minimum Gasteiger partial charge on any atom is -0.258 e. The number of hydrogen-bond acceptors (Lipinski definition) is 2. The first-order valence-electron chi connectivity index (χ1n) is 3.95. The molecule has 0 aliphatic carbocycles. The molecule has 4 heteroatoms. The number of nitrogens with zero attached hydrogens (tertiary/aromatic N) is 1. The Morgan fingerprint density at radius 1 is 1.57 bits per heavy atom. The first-order valence-corrected chi connectivity index (χ1v) is 5.03. The minimum atomic E-state index is -0.388. The Bertz CT molecular complexity index is 376. The molecule has 0 aliphatic rings. The monoisotopic (exact) mass is 302 g/mol. The van der Waals surface area contributed by atoms with Gasteiger partial charge in [0.05, 0.1) is 8.49 Å². The van der Waals surface area contributed by atoms with Gasteiger partial charge in [0.2, 0.25) is 0 Å². The second-order valence-electron chi connectivity index (χ2n) is 2.81. The van der Waals surface area contributed by atoms with Gasteiger partial charge in [-0.15, -0.1) is 6.58 Å². The molecular formula is C10H9INO2. The highest BCUT2D eigenvalue weighted by Gasteiger charge is 2.13. The molecule has 73 valence electrons. The maximum Gasteiger partial charge on any atom is 0.282 e. The van der Waals surface area contributed by atoms with Crippen molar-refractivity contribution in [2.45, 2.75) is 5.92 Å². The number of hydrogen-bond donors (Lipinski definition) is 0. The fourth-order valence-electron chi connectivity index (χ4n) is 1.04. The molecule has 0 amide bonds. The van der Waals surface area contributed by atoms with E-state index in [4.69, 9.17) is 0 Å². The highest BCUT2D eigenvalue weighted by molar-refractivity contribution is 14.1. The topological polar surface area (TPSA) is 43.1 Å². The number of nitro benzene ring substituents is 1. The predicted octanol–water partition coefficient (Wildman–Crippen LogP) is 3.30. The molecule has 0 aliphatic heterocycles. The van der Waals surface area contributed by atoms with Crippen LogP contribution < -0.4 is 0 Å². The number of nitro groups is 1. The summed E-state index contributed by atoms with van der Waals surface area (Å²) in [4.78, 5) is 10.3. The summed E-state index contributed by atoms with van der Waals surface area (Å²) in [5.74, 6) is -0.106. The molecule has 1 unspecified atom stereocenters. The van der Waals surface area contributed by atoms with Crippen LogP contribution >= 0.6 is 22.6 Å². The summed E-state index contributed by atoms with van der Waals surface area (Å²) in [6.45, 7) is 7.41. The second kappa shape index (κ2) is 4.54. The van der Waals surface area contributed by atoms with E-state index in [1.54, 1.807) is 18.2 Å². The molecule has 0 N–H and O–H groups in total. The first kappa shape index (κ1) is 11.2. The predicted molar refractivity (Wildman–Crippen MR) is 64.1 cm³/mol. The molecule has 1 atom stereocenters. The van der Waals surface area contributed by atoms with Crippen molar-refractivity contribution in [3.05, 3.63) is 57.0 Å². The Morgan fingerprint density at radius 3 is 2.71 bits per heavy atom. The summed E-state index contributed by atoms with van der Waals surface area (Å²) < 4.78 is 0.632. The van der Waals surface area contributed by atoms with Gasteiger partial charge in [0.25, 0.3) is 5.69 Å². The molecule has 1 aromatic rings. The quantitative estimate of drug-likeness (QED) is 0.372. The molecule has 0 saturated heterocycles. The van der Waals surface area contributed by atoms with Crippen LogP contribution in [0.5, 0.6) is 0 Å².